The number of rotatable bonds is 8. The standard InChI is InChI=1S/C21H26N4O4S/c1-3-13-24-18-6-4-5-7-19(18)25(21(24)27)14-12-20(26)23-15(2)16-8-10-17(11-9-16)30(22,28)29/h4-11,15H,3,12-14H2,1-2H3,(H,23,26)(H2,22,28,29). The highest BCUT2D eigenvalue weighted by Crippen LogP contribution is 2.16. The number of fused-ring (bicyclic) bond motifs is 1. The summed E-state index contributed by atoms with van der Waals surface area (Å²) < 4.78 is 26.1. The average molecular weight is 431 g/mol. The number of nitrogens with two attached hydrogens (primary N) is 1. The minimum absolute atomic E-state index is 0.0209. The number of para-hydroxylation sites is 2. The Bertz CT molecular complexity index is 1210. The van der Waals surface area contributed by atoms with Crippen LogP contribution in [0.15, 0.2) is 58.2 Å². The van der Waals surface area contributed by atoms with Crippen molar-refractivity contribution >= 4 is 27.0 Å². The number of carbonyl (C=O) groups is 1. The van der Waals surface area contributed by atoms with Crippen molar-refractivity contribution in [3.63, 3.8) is 0 Å². The number of aromatic nitrogens is 2. The van der Waals surface area contributed by atoms with Gasteiger partial charge in [-0.1, -0.05) is 31.2 Å². The highest BCUT2D eigenvalue weighted by atomic mass is 32.2. The lowest BCUT2D eigenvalue weighted by Crippen LogP contribution is -2.30. The molecule has 1 unspecified atom stereocenters. The van der Waals surface area contributed by atoms with E-state index in [9.17, 15) is 18.0 Å². The number of aryl methyl sites for hydroxylation is 2. The van der Waals surface area contributed by atoms with Crippen LogP contribution in [0, 0.1) is 0 Å². The van der Waals surface area contributed by atoms with Gasteiger partial charge in [0.25, 0.3) is 0 Å². The zero-order chi connectivity index (χ0) is 21.9. The van der Waals surface area contributed by atoms with Crippen LogP contribution in [0.5, 0.6) is 0 Å². The van der Waals surface area contributed by atoms with Gasteiger partial charge < -0.3 is 5.32 Å². The maximum atomic E-state index is 12.8. The first-order valence-electron chi connectivity index (χ1n) is 9.82. The number of hydrogen-bond acceptors (Lipinski definition) is 4. The minimum Gasteiger partial charge on any atom is -0.350 e. The van der Waals surface area contributed by atoms with E-state index in [2.05, 4.69) is 5.32 Å². The Morgan fingerprint density at radius 1 is 1.03 bits per heavy atom. The van der Waals surface area contributed by atoms with Crippen LogP contribution < -0.4 is 16.1 Å². The van der Waals surface area contributed by atoms with Crippen molar-refractivity contribution in [3.8, 4) is 0 Å². The van der Waals surface area contributed by atoms with E-state index in [-0.39, 0.29) is 35.5 Å². The van der Waals surface area contributed by atoms with Gasteiger partial charge in [0, 0.05) is 19.5 Å². The van der Waals surface area contributed by atoms with Gasteiger partial charge in [-0.2, -0.15) is 0 Å². The van der Waals surface area contributed by atoms with E-state index in [4.69, 9.17) is 5.14 Å². The fourth-order valence-corrected chi connectivity index (χ4v) is 4.00. The maximum Gasteiger partial charge on any atom is 0.329 e. The van der Waals surface area contributed by atoms with Gasteiger partial charge in [0.05, 0.1) is 22.0 Å². The Balaban J connectivity index is 1.69. The lowest BCUT2D eigenvalue weighted by Gasteiger charge is -2.15. The molecule has 1 heterocycles. The van der Waals surface area contributed by atoms with Crippen molar-refractivity contribution in [2.75, 3.05) is 0 Å². The molecule has 0 fully saturated rings. The lowest BCUT2D eigenvalue weighted by molar-refractivity contribution is -0.121. The van der Waals surface area contributed by atoms with Gasteiger partial charge in [-0.25, -0.2) is 18.4 Å². The molecule has 3 aromatic rings. The molecular formula is C21H26N4O4S. The number of nitrogens with zero attached hydrogens (tertiary/aromatic N) is 2. The SMILES string of the molecule is CCCn1c(=O)n(CCC(=O)NC(C)c2ccc(S(N)(=O)=O)cc2)c2ccccc21. The van der Waals surface area contributed by atoms with Crippen molar-refractivity contribution in [1.82, 2.24) is 14.5 Å². The summed E-state index contributed by atoms with van der Waals surface area (Å²) >= 11 is 0. The summed E-state index contributed by atoms with van der Waals surface area (Å²) in [6.45, 7) is 4.73. The van der Waals surface area contributed by atoms with Crippen molar-refractivity contribution in [3.05, 3.63) is 64.6 Å². The van der Waals surface area contributed by atoms with Crippen molar-refractivity contribution < 1.29 is 13.2 Å². The molecular weight excluding hydrogens is 404 g/mol. The molecule has 2 aromatic carbocycles. The highest BCUT2D eigenvalue weighted by Gasteiger charge is 2.15. The first-order chi connectivity index (χ1) is 14.2. The van der Waals surface area contributed by atoms with E-state index in [1.54, 1.807) is 21.3 Å². The Hall–Kier alpha value is -2.91. The number of primary sulfonamides is 1. The van der Waals surface area contributed by atoms with Gasteiger partial charge in [-0.3, -0.25) is 13.9 Å². The minimum atomic E-state index is -3.75. The third-order valence-corrected chi connectivity index (χ3v) is 5.95. The Kier molecular flexibility index (Phi) is 6.42. The van der Waals surface area contributed by atoms with E-state index in [0.717, 1.165) is 23.0 Å². The summed E-state index contributed by atoms with van der Waals surface area (Å²) in [5.41, 5.74) is 2.33. The summed E-state index contributed by atoms with van der Waals surface area (Å²) in [6, 6.07) is 13.3. The van der Waals surface area contributed by atoms with Gasteiger partial charge in [0.1, 0.15) is 0 Å². The molecule has 0 saturated carbocycles. The molecule has 0 aliphatic carbocycles. The number of carbonyl (C=O) groups excluding carboxylic acids is 1. The topological polar surface area (TPSA) is 116 Å². The van der Waals surface area contributed by atoms with Crippen LogP contribution in [0.3, 0.4) is 0 Å². The lowest BCUT2D eigenvalue weighted by atomic mass is 10.1. The quantitative estimate of drug-likeness (QED) is 0.569. The van der Waals surface area contributed by atoms with Crippen molar-refractivity contribution in [1.29, 1.82) is 0 Å². The molecule has 0 spiro atoms. The molecule has 30 heavy (non-hydrogen) atoms. The number of nitrogens with one attached hydrogen (secondary N) is 1. The third-order valence-electron chi connectivity index (χ3n) is 5.02. The smallest absolute Gasteiger partial charge is 0.329 e. The van der Waals surface area contributed by atoms with Crippen LogP contribution in [0.25, 0.3) is 11.0 Å². The van der Waals surface area contributed by atoms with Crippen LogP contribution in [0.2, 0.25) is 0 Å². The van der Waals surface area contributed by atoms with E-state index >= 15 is 0 Å². The first-order valence-corrected chi connectivity index (χ1v) is 11.4. The molecule has 1 amide bonds. The molecule has 0 saturated heterocycles. The predicted molar refractivity (Wildman–Crippen MR) is 115 cm³/mol. The van der Waals surface area contributed by atoms with Gasteiger partial charge >= 0.3 is 5.69 Å². The van der Waals surface area contributed by atoms with Crippen molar-refractivity contribution in [2.24, 2.45) is 5.14 Å². The summed E-state index contributed by atoms with van der Waals surface area (Å²) in [4.78, 5) is 25.3. The number of imidazole rings is 1. The number of benzene rings is 2. The molecule has 3 rings (SSSR count). The largest absolute Gasteiger partial charge is 0.350 e. The molecule has 9 heteroatoms. The van der Waals surface area contributed by atoms with Crippen LogP contribution >= 0.6 is 0 Å². The fraction of sp³-hybridized carbons (Fsp3) is 0.333. The molecule has 0 bridgehead atoms. The monoisotopic (exact) mass is 430 g/mol. The first kappa shape index (κ1) is 21.8. The number of hydrogen-bond donors (Lipinski definition) is 2. The van der Waals surface area contributed by atoms with Gasteiger partial charge in [0.15, 0.2) is 0 Å². The van der Waals surface area contributed by atoms with Gasteiger partial charge in [0.2, 0.25) is 15.9 Å². The fourth-order valence-electron chi connectivity index (χ4n) is 3.48. The van der Waals surface area contributed by atoms with Crippen LogP contribution in [0.1, 0.15) is 38.3 Å². The highest BCUT2D eigenvalue weighted by molar-refractivity contribution is 7.89. The van der Waals surface area contributed by atoms with Crippen LogP contribution in [-0.2, 0) is 27.9 Å². The molecule has 0 radical (unpaired) electrons. The molecule has 8 nitrogen and oxygen atoms in total. The number of amides is 1. The van der Waals surface area contributed by atoms with Gasteiger partial charge in [-0.05, 0) is 43.2 Å². The number of sulfonamides is 1. The molecule has 0 aliphatic heterocycles. The Morgan fingerprint density at radius 3 is 2.13 bits per heavy atom. The summed E-state index contributed by atoms with van der Waals surface area (Å²) in [6.07, 6.45) is 0.996. The zero-order valence-corrected chi connectivity index (χ0v) is 17.9. The normalized spacial score (nSPS) is 12.8. The molecule has 160 valence electrons. The molecule has 1 atom stereocenters. The van der Waals surface area contributed by atoms with E-state index < -0.39 is 10.0 Å². The summed E-state index contributed by atoms with van der Waals surface area (Å²) in [7, 11) is -3.75. The Labute approximate surface area is 175 Å². The second-order valence-electron chi connectivity index (χ2n) is 7.23. The average Bonchev–Trinajstić information content (AvgIpc) is 2.97. The summed E-state index contributed by atoms with van der Waals surface area (Å²) in [5.74, 6) is -0.197. The van der Waals surface area contributed by atoms with E-state index in [1.165, 1.54) is 12.1 Å². The van der Waals surface area contributed by atoms with Crippen LogP contribution in [0.4, 0.5) is 0 Å². The molecule has 0 aliphatic rings. The van der Waals surface area contributed by atoms with Gasteiger partial charge in [-0.15, -0.1) is 0 Å². The van der Waals surface area contributed by atoms with Crippen LogP contribution in [-0.4, -0.2) is 23.5 Å². The summed E-state index contributed by atoms with van der Waals surface area (Å²) in [5, 5.41) is 7.99. The van der Waals surface area contributed by atoms with E-state index in [1.807, 2.05) is 38.1 Å². The van der Waals surface area contributed by atoms with Crippen molar-refractivity contribution in [2.45, 2.75) is 50.7 Å². The predicted octanol–water partition coefficient (Wildman–Crippen LogP) is 2.13. The van der Waals surface area contributed by atoms with E-state index in [0.29, 0.717) is 6.54 Å². The Morgan fingerprint density at radius 2 is 1.60 bits per heavy atom. The second kappa shape index (κ2) is 8.85. The third kappa shape index (κ3) is 4.63. The molecule has 3 N–H and O–H groups in total. The maximum absolute atomic E-state index is 12.8. The molecule has 1 aromatic heterocycles. The zero-order valence-electron chi connectivity index (χ0n) is 17.0. The second-order valence-corrected chi connectivity index (χ2v) is 8.79.